The number of amides is 1. The maximum atomic E-state index is 12.6. The Kier molecular flexibility index (Phi) is 3.91. The molecule has 0 aromatic carbocycles. The van der Waals surface area contributed by atoms with Crippen LogP contribution in [0.2, 0.25) is 5.02 Å². The monoisotopic (exact) mass is 318 g/mol. The zero-order chi connectivity index (χ0) is 15.9. The van der Waals surface area contributed by atoms with Crippen LogP contribution in [-0.4, -0.2) is 38.7 Å². The topological polar surface area (TPSA) is 51.0 Å². The summed E-state index contributed by atoms with van der Waals surface area (Å²) in [7, 11) is 0. The van der Waals surface area contributed by atoms with Gasteiger partial charge in [-0.25, -0.2) is 9.67 Å². The van der Waals surface area contributed by atoms with E-state index < -0.39 is 0 Å². The molecule has 116 valence electrons. The van der Waals surface area contributed by atoms with Gasteiger partial charge in [0.1, 0.15) is 5.69 Å². The fraction of sp³-hybridized carbons (Fsp3) is 0.438. The molecule has 1 aliphatic rings. The average molecular weight is 319 g/mol. The predicted molar refractivity (Wildman–Crippen MR) is 85.5 cm³/mol. The van der Waals surface area contributed by atoms with Crippen molar-refractivity contribution < 1.29 is 4.79 Å². The van der Waals surface area contributed by atoms with Gasteiger partial charge in [-0.3, -0.25) is 4.79 Å². The molecule has 3 heterocycles. The Morgan fingerprint density at radius 1 is 1.36 bits per heavy atom. The molecule has 1 fully saturated rings. The second-order valence-electron chi connectivity index (χ2n) is 5.98. The van der Waals surface area contributed by atoms with E-state index in [1.54, 1.807) is 16.8 Å². The second-order valence-corrected chi connectivity index (χ2v) is 6.39. The van der Waals surface area contributed by atoms with Gasteiger partial charge in [0.2, 0.25) is 0 Å². The first kappa shape index (κ1) is 15.0. The van der Waals surface area contributed by atoms with Gasteiger partial charge in [-0.15, -0.1) is 0 Å². The molecule has 1 atom stereocenters. The van der Waals surface area contributed by atoms with E-state index in [2.05, 4.69) is 17.0 Å². The fourth-order valence-corrected chi connectivity index (χ4v) is 3.02. The molecule has 0 bridgehead atoms. The van der Waals surface area contributed by atoms with Gasteiger partial charge in [0.15, 0.2) is 5.82 Å². The van der Waals surface area contributed by atoms with Crippen LogP contribution in [-0.2, 0) is 0 Å². The maximum Gasteiger partial charge on any atom is 0.274 e. The van der Waals surface area contributed by atoms with Gasteiger partial charge in [-0.2, -0.15) is 5.10 Å². The molecular formula is C16H19ClN4O. The van der Waals surface area contributed by atoms with Gasteiger partial charge in [0.05, 0.1) is 10.7 Å². The van der Waals surface area contributed by atoms with E-state index >= 15 is 0 Å². The molecule has 0 saturated carbocycles. The Balaban J connectivity index is 1.96. The zero-order valence-electron chi connectivity index (χ0n) is 13.0. The van der Waals surface area contributed by atoms with Crippen molar-refractivity contribution >= 4 is 17.5 Å². The molecule has 2 aromatic rings. The Morgan fingerprint density at radius 3 is 2.73 bits per heavy atom. The molecule has 6 heteroatoms. The number of aryl methyl sites for hydroxylation is 2. The Bertz CT molecular complexity index is 725. The molecule has 1 amide bonds. The van der Waals surface area contributed by atoms with Crippen LogP contribution >= 0.6 is 11.6 Å². The van der Waals surface area contributed by atoms with Gasteiger partial charge in [0, 0.05) is 18.8 Å². The van der Waals surface area contributed by atoms with Gasteiger partial charge in [-0.05, 0) is 44.4 Å². The molecule has 5 nitrogen and oxygen atoms in total. The van der Waals surface area contributed by atoms with Gasteiger partial charge < -0.3 is 4.90 Å². The summed E-state index contributed by atoms with van der Waals surface area (Å²) in [5.74, 6) is 1.05. The molecule has 0 N–H and O–H groups in total. The van der Waals surface area contributed by atoms with E-state index in [0.717, 1.165) is 30.9 Å². The number of aromatic nitrogens is 3. The summed E-state index contributed by atoms with van der Waals surface area (Å²) in [6, 6.07) is 5.47. The third-order valence-electron chi connectivity index (χ3n) is 3.97. The number of pyridine rings is 1. The lowest BCUT2D eigenvalue weighted by Gasteiger charge is -2.16. The van der Waals surface area contributed by atoms with Crippen LogP contribution in [0.25, 0.3) is 5.82 Å². The van der Waals surface area contributed by atoms with Gasteiger partial charge in [0.25, 0.3) is 5.91 Å². The van der Waals surface area contributed by atoms with Crippen molar-refractivity contribution in [2.24, 2.45) is 5.92 Å². The highest BCUT2D eigenvalue weighted by Crippen LogP contribution is 2.22. The molecule has 0 spiro atoms. The van der Waals surface area contributed by atoms with Gasteiger partial charge in [-0.1, -0.05) is 18.5 Å². The van der Waals surface area contributed by atoms with E-state index in [1.165, 1.54) is 0 Å². The molecule has 1 aliphatic heterocycles. The van der Waals surface area contributed by atoms with Crippen LogP contribution in [0.5, 0.6) is 0 Å². The number of hydrogen-bond acceptors (Lipinski definition) is 3. The zero-order valence-corrected chi connectivity index (χ0v) is 13.8. The summed E-state index contributed by atoms with van der Waals surface area (Å²) in [6.07, 6.45) is 1.03. The van der Waals surface area contributed by atoms with Crippen LogP contribution in [0.1, 0.15) is 35.2 Å². The number of likely N-dealkylation sites (tertiary alicyclic amines) is 1. The highest BCUT2D eigenvalue weighted by Gasteiger charge is 2.27. The quantitative estimate of drug-likeness (QED) is 0.855. The highest BCUT2D eigenvalue weighted by atomic mass is 35.5. The summed E-state index contributed by atoms with van der Waals surface area (Å²) >= 11 is 6.20. The molecule has 1 saturated heterocycles. The number of carbonyl (C=O) groups is 1. The molecule has 3 rings (SSSR count). The lowest BCUT2D eigenvalue weighted by Crippen LogP contribution is -2.29. The van der Waals surface area contributed by atoms with E-state index in [4.69, 9.17) is 11.6 Å². The van der Waals surface area contributed by atoms with Crippen molar-refractivity contribution in [3.63, 3.8) is 0 Å². The van der Waals surface area contributed by atoms with Crippen molar-refractivity contribution in [1.82, 2.24) is 19.7 Å². The Labute approximate surface area is 134 Å². The maximum absolute atomic E-state index is 12.6. The first-order chi connectivity index (χ1) is 10.5. The number of hydrogen-bond donors (Lipinski definition) is 0. The van der Waals surface area contributed by atoms with Crippen molar-refractivity contribution in [3.8, 4) is 5.82 Å². The summed E-state index contributed by atoms with van der Waals surface area (Å²) in [6.45, 7) is 7.56. The van der Waals surface area contributed by atoms with E-state index in [9.17, 15) is 4.79 Å². The number of carbonyl (C=O) groups excluding carboxylic acids is 1. The van der Waals surface area contributed by atoms with Crippen molar-refractivity contribution in [1.29, 1.82) is 0 Å². The minimum Gasteiger partial charge on any atom is -0.337 e. The van der Waals surface area contributed by atoms with Crippen molar-refractivity contribution in [2.45, 2.75) is 27.2 Å². The van der Waals surface area contributed by atoms with Gasteiger partial charge >= 0.3 is 0 Å². The third kappa shape index (κ3) is 2.73. The molecule has 22 heavy (non-hydrogen) atoms. The minimum atomic E-state index is -0.0993. The van der Waals surface area contributed by atoms with Crippen molar-refractivity contribution in [2.75, 3.05) is 13.1 Å². The molecule has 0 radical (unpaired) electrons. The summed E-state index contributed by atoms with van der Waals surface area (Å²) in [5, 5.41) is 4.79. The molecule has 2 aromatic heterocycles. The first-order valence-electron chi connectivity index (χ1n) is 7.45. The van der Waals surface area contributed by atoms with Crippen LogP contribution in [0.3, 0.4) is 0 Å². The molecule has 1 unspecified atom stereocenters. The average Bonchev–Trinajstić information content (AvgIpc) is 3.04. The summed E-state index contributed by atoms with van der Waals surface area (Å²) in [4.78, 5) is 18.9. The second kappa shape index (κ2) is 5.72. The standard InChI is InChI=1S/C16H19ClN4O/c1-10-6-7-20(9-10)16(22)15-13(17)4-5-14(18-15)21-12(3)8-11(2)19-21/h4-5,8,10H,6-7,9H2,1-3H3. The van der Waals surface area contributed by atoms with E-state index in [1.807, 2.05) is 24.8 Å². The number of rotatable bonds is 2. The Morgan fingerprint density at radius 2 is 2.14 bits per heavy atom. The highest BCUT2D eigenvalue weighted by molar-refractivity contribution is 6.33. The molecule has 0 aliphatic carbocycles. The lowest BCUT2D eigenvalue weighted by atomic mass is 10.2. The van der Waals surface area contributed by atoms with E-state index in [0.29, 0.717) is 22.5 Å². The normalized spacial score (nSPS) is 18.0. The SMILES string of the molecule is Cc1cc(C)n(-c2ccc(Cl)c(C(=O)N3CCC(C)C3)n2)n1. The first-order valence-corrected chi connectivity index (χ1v) is 7.83. The van der Waals surface area contributed by atoms with Crippen LogP contribution in [0.15, 0.2) is 18.2 Å². The summed E-state index contributed by atoms with van der Waals surface area (Å²) < 4.78 is 1.73. The minimum absolute atomic E-state index is 0.0993. The Hall–Kier alpha value is -1.88. The summed E-state index contributed by atoms with van der Waals surface area (Å²) in [5.41, 5.74) is 2.19. The largest absolute Gasteiger partial charge is 0.337 e. The third-order valence-corrected chi connectivity index (χ3v) is 4.28. The predicted octanol–water partition coefficient (Wildman–Crippen LogP) is 3.02. The van der Waals surface area contributed by atoms with Crippen LogP contribution < -0.4 is 0 Å². The van der Waals surface area contributed by atoms with E-state index in [-0.39, 0.29) is 5.91 Å². The number of halogens is 1. The smallest absolute Gasteiger partial charge is 0.274 e. The number of nitrogens with zero attached hydrogens (tertiary/aromatic N) is 4. The lowest BCUT2D eigenvalue weighted by molar-refractivity contribution is 0.0782. The molecular weight excluding hydrogens is 300 g/mol. The fourth-order valence-electron chi connectivity index (χ4n) is 2.83. The van der Waals surface area contributed by atoms with Crippen LogP contribution in [0.4, 0.5) is 0 Å². The van der Waals surface area contributed by atoms with Crippen molar-refractivity contribution in [3.05, 3.63) is 40.3 Å². The van der Waals surface area contributed by atoms with Crippen LogP contribution in [0, 0.1) is 19.8 Å².